The second kappa shape index (κ2) is 7.75. The van der Waals surface area contributed by atoms with Crippen LogP contribution in [0.1, 0.15) is 24.1 Å². The number of nitrogens with zero attached hydrogens (tertiary/aromatic N) is 2. The van der Waals surface area contributed by atoms with Gasteiger partial charge in [-0.1, -0.05) is 36.4 Å². The third kappa shape index (κ3) is 4.42. The van der Waals surface area contributed by atoms with Gasteiger partial charge in [0.15, 0.2) is 5.75 Å². The van der Waals surface area contributed by atoms with E-state index in [2.05, 4.69) is 5.32 Å². The number of nitrogens with one attached hydrogen (secondary N) is 1. The van der Waals surface area contributed by atoms with E-state index in [1.165, 1.54) is 12.1 Å². The highest BCUT2D eigenvalue weighted by molar-refractivity contribution is 6.01. The van der Waals surface area contributed by atoms with Gasteiger partial charge in [0.1, 0.15) is 11.6 Å². The molecule has 0 saturated carbocycles. The summed E-state index contributed by atoms with van der Waals surface area (Å²) in [5, 5.41) is 32.2. The number of hydrogen-bond donors (Lipinski definition) is 2. The van der Waals surface area contributed by atoms with Gasteiger partial charge in [0.2, 0.25) is 0 Å². The van der Waals surface area contributed by atoms with Crippen molar-refractivity contribution in [2.24, 2.45) is 0 Å². The monoisotopic (exact) mass is 337 g/mol. The van der Waals surface area contributed by atoms with Crippen molar-refractivity contribution in [2.45, 2.75) is 13.0 Å². The van der Waals surface area contributed by atoms with Gasteiger partial charge in [-0.15, -0.1) is 0 Å². The molecule has 126 valence electrons. The van der Waals surface area contributed by atoms with Crippen LogP contribution < -0.4 is 5.32 Å². The molecule has 0 spiro atoms. The number of rotatable bonds is 5. The molecule has 0 heterocycles. The number of phenols is 1. The molecule has 2 rings (SSSR count). The van der Waals surface area contributed by atoms with Crippen LogP contribution >= 0.6 is 0 Å². The number of hydrogen-bond acceptors (Lipinski definition) is 5. The first-order chi connectivity index (χ1) is 11.9. The van der Waals surface area contributed by atoms with Crippen LogP contribution in [0.5, 0.6) is 5.75 Å². The number of benzene rings is 2. The predicted octanol–water partition coefficient (Wildman–Crippen LogP) is 3.08. The molecule has 1 atom stereocenters. The van der Waals surface area contributed by atoms with E-state index in [9.17, 15) is 25.3 Å². The molecular formula is C18H15N3O4. The van der Waals surface area contributed by atoms with Crippen molar-refractivity contribution >= 4 is 17.7 Å². The zero-order valence-corrected chi connectivity index (χ0v) is 13.3. The Morgan fingerprint density at radius 2 is 2.00 bits per heavy atom. The molecule has 2 N–H and O–H groups in total. The maximum absolute atomic E-state index is 12.3. The molecule has 7 nitrogen and oxygen atoms in total. The average molecular weight is 337 g/mol. The van der Waals surface area contributed by atoms with Crippen molar-refractivity contribution in [1.82, 2.24) is 5.32 Å². The summed E-state index contributed by atoms with van der Waals surface area (Å²) < 4.78 is 0. The van der Waals surface area contributed by atoms with Crippen molar-refractivity contribution in [1.29, 1.82) is 5.26 Å². The number of carbonyl (C=O) groups is 1. The number of nitro groups is 1. The first-order valence-corrected chi connectivity index (χ1v) is 7.37. The Bertz CT molecular complexity index is 870. The lowest BCUT2D eigenvalue weighted by Gasteiger charge is -2.13. The number of phenolic OH excluding ortho intramolecular Hbond substituents is 1. The van der Waals surface area contributed by atoms with Crippen LogP contribution in [0.4, 0.5) is 5.69 Å². The molecule has 0 aliphatic carbocycles. The zero-order valence-electron chi connectivity index (χ0n) is 13.3. The topological polar surface area (TPSA) is 116 Å². The largest absolute Gasteiger partial charge is 0.502 e. The van der Waals surface area contributed by atoms with Crippen molar-refractivity contribution in [3.05, 3.63) is 75.3 Å². The molecule has 0 unspecified atom stereocenters. The number of amides is 1. The summed E-state index contributed by atoms with van der Waals surface area (Å²) in [5.41, 5.74) is 0.462. The van der Waals surface area contributed by atoms with Gasteiger partial charge in [0.05, 0.1) is 11.0 Å². The fourth-order valence-electron chi connectivity index (χ4n) is 2.19. The maximum atomic E-state index is 12.3. The van der Waals surface area contributed by atoms with Crippen LogP contribution in [0.15, 0.2) is 54.1 Å². The van der Waals surface area contributed by atoms with Crippen LogP contribution in [-0.2, 0) is 4.79 Å². The fourth-order valence-corrected chi connectivity index (χ4v) is 2.19. The Morgan fingerprint density at radius 3 is 2.60 bits per heavy atom. The minimum absolute atomic E-state index is 0.192. The number of carbonyl (C=O) groups excluding carboxylic acids is 1. The summed E-state index contributed by atoms with van der Waals surface area (Å²) in [6.07, 6.45) is 1.24. The first kappa shape index (κ1) is 17.7. The van der Waals surface area contributed by atoms with E-state index >= 15 is 0 Å². The van der Waals surface area contributed by atoms with E-state index in [-0.39, 0.29) is 17.2 Å². The van der Waals surface area contributed by atoms with E-state index in [0.717, 1.165) is 17.7 Å². The molecule has 0 aliphatic heterocycles. The molecule has 0 bridgehead atoms. The van der Waals surface area contributed by atoms with Crippen LogP contribution in [0.25, 0.3) is 6.08 Å². The Kier molecular flexibility index (Phi) is 5.48. The second-order valence-electron chi connectivity index (χ2n) is 5.28. The molecule has 1 amide bonds. The highest BCUT2D eigenvalue weighted by Crippen LogP contribution is 2.27. The molecule has 7 heteroatoms. The molecule has 25 heavy (non-hydrogen) atoms. The molecule has 0 radical (unpaired) electrons. The third-order valence-corrected chi connectivity index (χ3v) is 3.52. The SMILES string of the molecule is C[C@H](NC(=O)/C(C#N)=C\c1ccc(O)c([N+](=O)[O-])c1)c1ccccc1. The predicted molar refractivity (Wildman–Crippen MR) is 91.4 cm³/mol. The van der Waals surface area contributed by atoms with E-state index < -0.39 is 22.3 Å². The first-order valence-electron chi connectivity index (χ1n) is 7.37. The molecule has 0 aromatic heterocycles. The van der Waals surface area contributed by atoms with Crippen LogP contribution in [0.3, 0.4) is 0 Å². The number of nitro benzene ring substituents is 1. The van der Waals surface area contributed by atoms with Crippen molar-refractivity contribution in [3.8, 4) is 11.8 Å². The van der Waals surface area contributed by atoms with Gasteiger partial charge in [-0.05, 0) is 30.2 Å². The minimum Gasteiger partial charge on any atom is -0.502 e. The second-order valence-corrected chi connectivity index (χ2v) is 5.28. The summed E-state index contributed by atoms with van der Waals surface area (Å²) in [5.74, 6) is -1.07. The summed E-state index contributed by atoms with van der Waals surface area (Å²) in [6, 6.07) is 14.3. The highest BCUT2D eigenvalue weighted by Gasteiger charge is 2.16. The van der Waals surface area contributed by atoms with Crippen molar-refractivity contribution in [2.75, 3.05) is 0 Å². The molecule has 0 aliphatic rings. The van der Waals surface area contributed by atoms with Crippen molar-refractivity contribution in [3.63, 3.8) is 0 Å². The highest BCUT2D eigenvalue weighted by atomic mass is 16.6. The zero-order chi connectivity index (χ0) is 18.4. The molecule has 2 aromatic carbocycles. The van der Waals surface area contributed by atoms with Gasteiger partial charge in [0, 0.05) is 6.07 Å². The standard InChI is InChI=1S/C18H15N3O4/c1-12(14-5-3-2-4-6-14)20-18(23)15(11-19)9-13-7-8-17(22)16(10-13)21(24)25/h2-10,12,22H,1H3,(H,20,23)/b15-9-/t12-/m0/s1. The lowest BCUT2D eigenvalue weighted by Crippen LogP contribution is -2.27. The number of nitriles is 1. The van der Waals surface area contributed by atoms with Gasteiger partial charge in [-0.3, -0.25) is 14.9 Å². The average Bonchev–Trinajstić information content (AvgIpc) is 2.61. The van der Waals surface area contributed by atoms with Gasteiger partial charge in [-0.2, -0.15) is 5.26 Å². The van der Waals surface area contributed by atoms with E-state index in [1.807, 2.05) is 30.3 Å². The van der Waals surface area contributed by atoms with Gasteiger partial charge in [-0.25, -0.2) is 0 Å². The molecule has 0 fully saturated rings. The summed E-state index contributed by atoms with van der Waals surface area (Å²) >= 11 is 0. The van der Waals surface area contributed by atoms with Gasteiger partial charge >= 0.3 is 5.69 Å². The fraction of sp³-hybridized carbons (Fsp3) is 0.111. The lowest BCUT2D eigenvalue weighted by atomic mass is 10.1. The Hall–Kier alpha value is -3.66. The minimum atomic E-state index is -0.740. The van der Waals surface area contributed by atoms with E-state index in [1.54, 1.807) is 13.0 Å². The van der Waals surface area contributed by atoms with Gasteiger partial charge in [0.25, 0.3) is 5.91 Å². The third-order valence-electron chi connectivity index (χ3n) is 3.52. The van der Waals surface area contributed by atoms with E-state index in [4.69, 9.17) is 0 Å². The number of aromatic hydroxyl groups is 1. The molecular weight excluding hydrogens is 322 g/mol. The van der Waals surface area contributed by atoms with Crippen molar-refractivity contribution < 1.29 is 14.8 Å². The molecule has 2 aromatic rings. The normalized spacial score (nSPS) is 12.1. The summed E-state index contributed by atoms with van der Waals surface area (Å²) in [6.45, 7) is 1.79. The van der Waals surface area contributed by atoms with E-state index in [0.29, 0.717) is 0 Å². The van der Waals surface area contributed by atoms with Gasteiger partial charge < -0.3 is 10.4 Å². The summed E-state index contributed by atoms with van der Waals surface area (Å²) in [4.78, 5) is 22.4. The quantitative estimate of drug-likeness (QED) is 0.376. The summed E-state index contributed by atoms with van der Waals surface area (Å²) in [7, 11) is 0. The maximum Gasteiger partial charge on any atom is 0.311 e. The smallest absolute Gasteiger partial charge is 0.311 e. The van der Waals surface area contributed by atoms with Crippen LogP contribution in [0.2, 0.25) is 0 Å². The Balaban J connectivity index is 2.23. The van der Waals surface area contributed by atoms with Crippen LogP contribution in [0, 0.1) is 21.4 Å². The Morgan fingerprint density at radius 1 is 1.32 bits per heavy atom. The van der Waals surface area contributed by atoms with Crippen LogP contribution in [-0.4, -0.2) is 15.9 Å². The lowest BCUT2D eigenvalue weighted by molar-refractivity contribution is -0.385. The Labute approximate surface area is 144 Å². The molecule has 0 saturated heterocycles.